The zero-order chi connectivity index (χ0) is 13.4. The summed E-state index contributed by atoms with van der Waals surface area (Å²) in [6.07, 6.45) is 2.75. The lowest BCUT2D eigenvalue weighted by Gasteiger charge is -2.10. The Hall–Kier alpha value is -1.62. The summed E-state index contributed by atoms with van der Waals surface area (Å²) in [6.45, 7) is 4.47. The van der Waals surface area contributed by atoms with Crippen LogP contribution in [-0.2, 0) is 0 Å². The Morgan fingerprint density at radius 3 is 2.67 bits per heavy atom. The SMILES string of the molecule is CCCNc1ccc(C(=O)NCCN(C)C)nc1. The second-order valence-corrected chi connectivity index (χ2v) is 4.42. The summed E-state index contributed by atoms with van der Waals surface area (Å²) in [5.74, 6) is -0.126. The van der Waals surface area contributed by atoms with E-state index in [2.05, 4.69) is 22.5 Å². The molecule has 0 aliphatic heterocycles. The minimum Gasteiger partial charge on any atom is -0.384 e. The summed E-state index contributed by atoms with van der Waals surface area (Å²) in [7, 11) is 3.94. The molecule has 0 aromatic carbocycles. The molecule has 0 bridgehead atoms. The highest BCUT2D eigenvalue weighted by Crippen LogP contribution is 2.05. The van der Waals surface area contributed by atoms with Crippen molar-refractivity contribution in [1.82, 2.24) is 15.2 Å². The lowest BCUT2D eigenvalue weighted by molar-refractivity contribution is 0.0946. The molecule has 1 aromatic heterocycles. The Bertz CT molecular complexity index is 362. The molecule has 0 unspecified atom stereocenters. The number of pyridine rings is 1. The van der Waals surface area contributed by atoms with Gasteiger partial charge in [-0.1, -0.05) is 6.92 Å². The first-order valence-electron chi connectivity index (χ1n) is 6.26. The van der Waals surface area contributed by atoms with Gasteiger partial charge in [-0.25, -0.2) is 4.98 Å². The van der Waals surface area contributed by atoms with Crippen molar-refractivity contribution in [3.8, 4) is 0 Å². The van der Waals surface area contributed by atoms with Crippen molar-refractivity contribution in [2.75, 3.05) is 39.0 Å². The number of likely N-dealkylation sites (N-methyl/N-ethyl adjacent to an activating group) is 1. The molecule has 0 saturated heterocycles. The third kappa shape index (κ3) is 5.14. The van der Waals surface area contributed by atoms with Gasteiger partial charge in [-0.3, -0.25) is 4.79 Å². The van der Waals surface area contributed by atoms with Gasteiger partial charge in [-0.05, 0) is 32.6 Å². The summed E-state index contributed by atoms with van der Waals surface area (Å²) < 4.78 is 0. The van der Waals surface area contributed by atoms with Crippen LogP contribution in [0, 0.1) is 0 Å². The smallest absolute Gasteiger partial charge is 0.269 e. The van der Waals surface area contributed by atoms with Crippen LogP contribution in [0.3, 0.4) is 0 Å². The van der Waals surface area contributed by atoms with Crippen LogP contribution in [0.25, 0.3) is 0 Å². The maximum atomic E-state index is 11.7. The molecule has 18 heavy (non-hydrogen) atoms. The third-order valence-electron chi connectivity index (χ3n) is 2.42. The number of rotatable bonds is 7. The lowest BCUT2D eigenvalue weighted by atomic mass is 10.3. The average Bonchev–Trinajstić information content (AvgIpc) is 2.36. The van der Waals surface area contributed by atoms with Gasteiger partial charge in [-0.2, -0.15) is 0 Å². The Labute approximate surface area is 109 Å². The fraction of sp³-hybridized carbons (Fsp3) is 0.538. The maximum Gasteiger partial charge on any atom is 0.269 e. The molecule has 100 valence electrons. The maximum absolute atomic E-state index is 11.7. The Balaban J connectivity index is 2.43. The first kappa shape index (κ1) is 14.4. The van der Waals surface area contributed by atoms with Crippen LogP contribution in [0.15, 0.2) is 18.3 Å². The summed E-state index contributed by atoms with van der Waals surface area (Å²) in [5, 5.41) is 6.05. The normalized spacial score (nSPS) is 10.4. The number of carbonyl (C=O) groups excluding carboxylic acids is 1. The Morgan fingerprint density at radius 2 is 2.11 bits per heavy atom. The van der Waals surface area contributed by atoms with Gasteiger partial charge in [0.1, 0.15) is 5.69 Å². The highest BCUT2D eigenvalue weighted by atomic mass is 16.1. The van der Waals surface area contributed by atoms with E-state index < -0.39 is 0 Å². The Morgan fingerprint density at radius 1 is 1.33 bits per heavy atom. The fourth-order valence-electron chi connectivity index (χ4n) is 1.39. The number of hydrogen-bond donors (Lipinski definition) is 2. The van der Waals surface area contributed by atoms with Crippen LogP contribution in [0.2, 0.25) is 0 Å². The van der Waals surface area contributed by atoms with Gasteiger partial charge in [0.15, 0.2) is 0 Å². The third-order valence-corrected chi connectivity index (χ3v) is 2.42. The largest absolute Gasteiger partial charge is 0.384 e. The van der Waals surface area contributed by atoms with Gasteiger partial charge in [0.25, 0.3) is 5.91 Å². The number of hydrogen-bond acceptors (Lipinski definition) is 4. The predicted molar refractivity (Wildman–Crippen MR) is 73.9 cm³/mol. The van der Waals surface area contributed by atoms with Gasteiger partial charge < -0.3 is 15.5 Å². The molecule has 0 atom stereocenters. The van der Waals surface area contributed by atoms with Crippen LogP contribution < -0.4 is 10.6 Å². The number of carbonyl (C=O) groups is 1. The Kier molecular flexibility index (Phi) is 6.14. The van der Waals surface area contributed by atoms with Crippen molar-refractivity contribution in [2.45, 2.75) is 13.3 Å². The number of amides is 1. The molecule has 0 spiro atoms. The molecule has 0 aliphatic carbocycles. The predicted octanol–water partition coefficient (Wildman–Crippen LogP) is 1.19. The minimum atomic E-state index is -0.126. The van der Waals surface area contributed by atoms with E-state index in [4.69, 9.17) is 0 Å². The van der Waals surface area contributed by atoms with Gasteiger partial charge in [0, 0.05) is 19.6 Å². The van der Waals surface area contributed by atoms with Crippen molar-refractivity contribution in [3.05, 3.63) is 24.0 Å². The van der Waals surface area contributed by atoms with Crippen LogP contribution in [0.5, 0.6) is 0 Å². The summed E-state index contributed by atoms with van der Waals surface area (Å²) in [5.41, 5.74) is 1.40. The van der Waals surface area contributed by atoms with Gasteiger partial charge >= 0.3 is 0 Å². The van der Waals surface area contributed by atoms with Gasteiger partial charge in [-0.15, -0.1) is 0 Å². The molecule has 1 rings (SSSR count). The van der Waals surface area contributed by atoms with E-state index in [1.54, 1.807) is 12.3 Å². The van der Waals surface area contributed by atoms with Gasteiger partial charge in [0.05, 0.1) is 11.9 Å². The first-order valence-corrected chi connectivity index (χ1v) is 6.26. The monoisotopic (exact) mass is 250 g/mol. The lowest BCUT2D eigenvalue weighted by Crippen LogP contribution is -2.31. The fourth-order valence-corrected chi connectivity index (χ4v) is 1.39. The average molecular weight is 250 g/mol. The molecule has 1 aromatic rings. The van der Waals surface area contributed by atoms with Crippen molar-refractivity contribution >= 4 is 11.6 Å². The van der Waals surface area contributed by atoms with E-state index in [0.29, 0.717) is 12.2 Å². The molecule has 2 N–H and O–H groups in total. The molecule has 5 heteroatoms. The second kappa shape index (κ2) is 7.66. The van der Waals surface area contributed by atoms with Crippen LogP contribution >= 0.6 is 0 Å². The molecular weight excluding hydrogens is 228 g/mol. The van der Waals surface area contributed by atoms with Crippen molar-refractivity contribution in [3.63, 3.8) is 0 Å². The van der Waals surface area contributed by atoms with Crippen LogP contribution in [0.4, 0.5) is 5.69 Å². The molecule has 0 fully saturated rings. The van der Waals surface area contributed by atoms with Crippen molar-refractivity contribution in [1.29, 1.82) is 0 Å². The van der Waals surface area contributed by atoms with Gasteiger partial charge in [0.2, 0.25) is 0 Å². The molecule has 1 amide bonds. The summed E-state index contributed by atoms with van der Waals surface area (Å²) >= 11 is 0. The topological polar surface area (TPSA) is 57.3 Å². The summed E-state index contributed by atoms with van der Waals surface area (Å²) in [6, 6.07) is 3.62. The standard InChI is InChI=1S/C13H22N4O/c1-4-7-14-11-5-6-12(16-10-11)13(18)15-8-9-17(2)3/h5-6,10,14H,4,7-9H2,1-3H3,(H,15,18). The first-order chi connectivity index (χ1) is 8.63. The van der Waals surface area contributed by atoms with E-state index in [-0.39, 0.29) is 5.91 Å². The van der Waals surface area contributed by atoms with E-state index in [1.807, 2.05) is 25.1 Å². The van der Waals surface area contributed by atoms with Crippen LogP contribution in [-0.4, -0.2) is 49.5 Å². The van der Waals surface area contributed by atoms with Crippen LogP contribution in [0.1, 0.15) is 23.8 Å². The zero-order valence-electron chi connectivity index (χ0n) is 11.4. The van der Waals surface area contributed by atoms with E-state index in [0.717, 1.165) is 25.2 Å². The van der Waals surface area contributed by atoms with E-state index >= 15 is 0 Å². The number of nitrogens with zero attached hydrogens (tertiary/aromatic N) is 2. The molecular formula is C13H22N4O. The molecule has 0 saturated carbocycles. The number of nitrogens with one attached hydrogen (secondary N) is 2. The van der Waals surface area contributed by atoms with Crippen molar-refractivity contribution in [2.24, 2.45) is 0 Å². The molecule has 0 radical (unpaired) electrons. The zero-order valence-corrected chi connectivity index (χ0v) is 11.4. The van der Waals surface area contributed by atoms with E-state index in [1.165, 1.54) is 0 Å². The quantitative estimate of drug-likeness (QED) is 0.763. The highest BCUT2D eigenvalue weighted by molar-refractivity contribution is 5.92. The molecule has 1 heterocycles. The second-order valence-electron chi connectivity index (χ2n) is 4.42. The number of anilines is 1. The highest BCUT2D eigenvalue weighted by Gasteiger charge is 2.06. The van der Waals surface area contributed by atoms with E-state index in [9.17, 15) is 4.79 Å². The van der Waals surface area contributed by atoms with Crippen molar-refractivity contribution < 1.29 is 4.79 Å². The number of aromatic nitrogens is 1. The summed E-state index contributed by atoms with van der Waals surface area (Å²) in [4.78, 5) is 17.9. The molecule has 0 aliphatic rings. The minimum absolute atomic E-state index is 0.126. The molecule has 5 nitrogen and oxygen atoms in total.